The van der Waals surface area contributed by atoms with E-state index in [9.17, 15) is 14.2 Å². The fourth-order valence-corrected chi connectivity index (χ4v) is 5.93. The summed E-state index contributed by atoms with van der Waals surface area (Å²) in [6, 6.07) is 6.63. The predicted octanol–water partition coefficient (Wildman–Crippen LogP) is 3.08. The fraction of sp³-hybridized carbons (Fsp3) is 0.579. The highest BCUT2D eigenvalue weighted by molar-refractivity contribution is 7.71. The Labute approximate surface area is 155 Å². The maximum Gasteiger partial charge on any atom is 0.408 e. The number of alkyl carbamates (subject to hydrolysis) is 1. The minimum Gasteiger partial charge on any atom is -0.467 e. The second kappa shape index (κ2) is 8.26. The van der Waals surface area contributed by atoms with Gasteiger partial charge in [0.15, 0.2) is 0 Å². The van der Waals surface area contributed by atoms with Gasteiger partial charge in [0.1, 0.15) is 18.8 Å². The lowest BCUT2D eigenvalue weighted by atomic mass is 10.1. The van der Waals surface area contributed by atoms with Crippen molar-refractivity contribution in [2.75, 3.05) is 19.4 Å². The Morgan fingerprint density at radius 3 is 2.23 bits per heavy atom. The first kappa shape index (κ1) is 20.5. The van der Waals surface area contributed by atoms with E-state index in [4.69, 9.17) is 9.47 Å². The number of hydrogen-bond acceptors (Lipinski definition) is 5. The summed E-state index contributed by atoms with van der Waals surface area (Å²) < 4.78 is 22.8. The van der Waals surface area contributed by atoms with Crippen molar-refractivity contribution in [1.29, 1.82) is 0 Å². The van der Waals surface area contributed by atoms with Crippen molar-refractivity contribution in [3.63, 3.8) is 0 Å². The van der Waals surface area contributed by atoms with Gasteiger partial charge in [0.2, 0.25) is 0 Å². The summed E-state index contributed by atoms with van der Waals surface area (Å²) in [5.41, 5.74) is 0.200. The molecule has 1 saturated heterocycles. The zero-order valence-electron chi connectivity index (χ0n) is 15.9. The maximum absolute atomic E-state index is 12.8. The summed E-state index contributed by atoms with van der Waals surface area (Å²) in [7, 11) is -0.950. The average Bonchev–Trinajstić information content (AvgIpc) is 3.00. The number of nitrogens with one attached hydrogen (secondary N) is 1. The second-order valence-corrected chi connectivity index (χ2v) is 10.8. The number of methoxy groups -OCH3 is 1. The van der Waals surface area contributed by atoms with Crippen LogP contribution in [0.4, 0.5) is 4.79 Å². The molecule has 2 rings (SSSR count). The van der Waals surface area contributed by atoms with Gasteiger partial charge in [0.05, 0.1) is 7.11 Å². The van der Waals surface area contributed by atoms with Gasteiger partial charge in [-0.15, -0.1) is 0 Å². The molecule has 0 spiro atoms. The Morgan fingerprint density at radius 1 is 1.15 bits per heavy atom. The molecule has 0 radical (unpaired) electrons. The Kier molecular flexibility index (Phi) is 6.51. The van der Waals surface area contributed by atoms with E-state index in [0.717, 1.165) is 36.0 Å². The molecule has 0 bridgehead atoms. The van der Waals surface area contributed by atoms with E-state index in [1.54, 1.807) is 20.8 Å². The number of rotatable bonds is 5. The van der Waals surface area contributed by atoms with E-state index >= 15 is 0 Å². The van der Waals surface area contributed by atoms with Gasteiger partial charge < -0.3 is 19.4 Å². The van der Waals surface area contributed by atoms with Gasteiger partial charge in [-0.2, -0.15) is 0 Å². The smallest absolute Gasteiger partial charge is 0.408 e. The van der Waals surface area contributed by atoms with Crippen LogP contribution in [0.2, 0.25) is 0 Å². The number of carbonyl (C=O) groups is 2. The molecular weight excluding hydrogens is 353 g/mol. The molecule has 1 amide bonds. The number of ether oxygens (including phenoxy) is 2. The molecule has 26 heavy (non-hydrogen) atoms. The van der Waals surface area contributed by atoms with E-state index in [1.807, 2.05) is 24.3 Å². The molecule has 1 heterocycles. The molecule has 6 nitrogen and oxygen atoms in total. The fourth-order valence-electron chi connectivity index (χ4n) is 3.03. The second-order valence-electron chi connectivity index (χ2n) is 7.64. The van der Waals surface area contributed by atoms with Crippen molar-refractivity contribution < 1.29 is 23.6 Å². The number of hydrogen-bond donors (Lipinski definition) is 1. The van der Waals surface area contributed by atoms with Crippen LogP contribution in [0.3, 0.4) is 0 Å². The Hall–Kier alpha value is -1.81. The van der Waals surface area contributed by atoms with Crippen LogP contribution in [0.15, 0.2) is 24.3 Å². The van der Waals surface area contributed by atoms with Crippen LogP contribution >= 0.6 is 7.14 Å². The Morgan fingerprint density at radius 2 is 1.73 bits per heavy atom. The largest absolute Gasteiger partial charge is 0.467 e. The van der Waals surface area contributed by atoms with Crippen LogP contribution < -0.4 is 10.6 Å². The van der Waals surface area contributed by atoms with Gasteiger partial charge >= 0.3 is 12.1 Å². The highest BCUT2D eigenvalue weighted by Gasteiger charge is 2.29. The number of benzene rings is 1. The van der Waals surface area contributed by atoms with Crippen LogP contribution in [0.25, 0.3) is 0 Å². The monoisotopic (exact) mass is 381 g/mol. The quantitative estimate of drug-likeness (QED) is 0.626. The summed E-state index contributed by atoms with van der Waals surface area (Å²) in [5, 5.41) is 3.46. The third-order valence-corrected chi connectivity index (χ3v) is 7.63. The number of amides is 1. The summed E-state index contributed by atoms with van der Waals surface area (Å²) in [4.78, 5) is 24.0. The molecule has 0 aliphatic carbocycles. The zero-order valence-corrected chi connectivity index (χ0v) is 16.8. The number of esters is 1. The third kappa shape index (κ3) is 5.60. The molecule has 144 valence electrons. The van der Waals surface area contributed by atoms with Crippen molar-refractivity contribution in [2.45, 2.75) is 51.7 Å². The van der Waals surface area contributed by atoms with Gasteiger partial charge in [-0.05, 0) is 39.2 Å². The highest BCUT2D eigenvalue weighted by Crippen LogP contribution is 2.50. The minimum atomic E-state index is -2.23. The van der Waals surface area contributed by atoms with E-state index in [-0.39, 0.29) is 6.42 Å². The molecule has 1 aliphatic heterocycles. The zero-order chi connectivity index (χ0) is 19.4. The average molecular weight is 381 g/mol. The summed E-state index contributed by atoms with van der Waals surface area (Å²) in [5.74, 6) is -0.538. The summed E-state index contributed by atoms with van der Waals surface area (Å²) in [6.45, 7) is 5.26. The van der Waals surface area contributed by atoms with Crippen molar-refractivity contribution in [2.24, 2.45) is 0 Å². The molecule has 1 aromatic rings. The molecule has 1 aromatic carbocycles. The van der Waals surface area contributed by atoms with Gasteiger partial charge in [-0.25, -0.2) is 9.59 Å². The number of carbonyl (C=O) groups excluding carboxylic acids is 2. The van der Waals surface area contributed by atoms with Crippen LogP contribution in [-0.4, -0.2) is 43.1 Å². The van der Waals surface area contributed by atoms with Gasteiger partial charge in [0, 0.05) is 24.0 Å². The van der Waals surface area contributed by atoms with Crippen LogP contribution in [0, 0.1) is 0 Å². The summed E-state index contributed by atoms with van der Waals surface area (Å²) >= 11 is 0. The molecule has 0 aromatic heterocycles. The van der Waals surface area contributed by atoms with Crippen molar-refractivity contribution in [3.05, 3.63) is 29.8 Å². The SMILES string of the molecule is COC(=O)[C@H](Cc1ccc(P2(=O)CCCC2)cc1)NC(=O)OC(C)(C)C. The standard InChI is InChI=1S/C19H28NO5P/c1-19(2,3)25-18(22)20-16(17(21)24-4)13-14-7-9-15(10-8-14)26(23)11-5-6-12-26/h7-10,16H,5-6,11-13H2,1-4H3,(H,20,22)/t16-/m0/s1. The molecule has 7 heteroatoms. The molecule has 0 unspecified atom stereocenters. The van der Waals surface area contributed by atoms with Crippen molar-refractivity contribution >= 4 is 24.5 Å². The normalized spacial score (nSPS) is 17.4. The van der Waals surface area contributed by atoms with E-state index < -0.39 is 30.8 Å². The van der Waals surface area contributed by atoms with E-state index in [1.165, 1.54) is 7.11 Å². The highest BCUT2D eigenvalue weighted by atomic mass is 31.2. The first-order valence-electron chi connectivity index (χ1n) is 8.88. The van der Waals surface area contributed by atoms with Crippen LogP contribution in [0.1, 0.15) is 39.2 Å². The van der Waals surface area contributed by atoms with E-state index in [0.29, 0.717) is 0 Å². The van der Waals surface area contributed by atoms with Crippen molar-refractivity contribution in [1.82, 2.24) is 5.32 Å². The van der Waals surface area contributed by atoms with Gasteiger partial charge in [-0.1, -0.05) is 24.3 Å². The van der Waals surface area contributed by atoms with Crippen LogP contribution in [0.5, 0.6) is 0 Å². The maximum atomic E-state index is 12.8. The topological polar surface area (TPSA) is 81.7 Å². The molecule has 1 N–H and O–H groups in total. The molecule has 0 saturated carbocycles. The summed E-state index contributed by atoms with van der Waals surface area (Å²) in [6.07, 6.45) is 3.19. The van der Waals surface area contributed by atoms with E-state index in [2.05, 4.69) is 5.32 Å². The molecular formula is C19H28NO5P. The Bertz CT molecular complexity index is 683. The van der Waals surface area contributed by atoms with Crippen molar-refractivity contribution in [3.8, 4) is 0 Å². The van der Waals surface area contributed by atoms with Gasteiger partial charge in [0.25, 0.3) is 0 Å². The van der Waals surface area contributed by atoms with Gasteiger partial charge in [-0.3, -0.25) is 0 Å². The lowest BCUT2D eigenvalue weighted by Crippen LogP contribution is -2.45. The molecule has 1 atom stereocenters. The molecule has 1 aliphatic rings. The first-order valence-corrected chi connectivity index (χ1v) is 11.0. The third-order valence-electron chi connectivity index (χ3n) is 4.31. The Balaban J connectivity index is 2.07. The first-order chi connectivity index (χ1) is 12.1. The van der Waals surface area contributed by atoms with Crippen LogP contribution in [-0.2, 0) is 25.3 Å². The predicted molar refractivity (Wildman–Crippen MR) is 102 cm³/mol. The minimum absolute atomic E-state index is 0.274. The molecule has 1 fully saturated rings. The lowest BCUT2D eigenvalue weighted by molar-refractivity contribution is -0.143. The lowest BCUT2D eigenvalue weighted by Gasteiger charge is -2.22.